The fourth-order valence-corrected chi connectivity index (χ4v) is 2.10. The summed E-state index contributed by atoms with van der Waals surface area (Å²) in [6, 6.07) is 0.505. The average Bonchev–Trinajstić information content (AvgIpc) is 2.29. The predicted molar refractivity (Wildman–Crippen MR) is 50.0 cm³/mol. The minimum absolute atomic E-state index is 0.505. The Morgan fingerprint density at radius 2 is 2.17 bits per heavy atom. The minimum atomic E-state index is -0.575. The van der Waals surface area contributed by atoms with Crippen molar-refractivity contribution in [1.29, 1.82) is 0 Å². The highest BCUT2D eigenvalue weighted by Crippen LogP contribution is 2.24. The van der Waals surface area contributed by atoms with Gasteiger partial charge in [0.05, 0.1) is 0 Å². The van der Waals surface area contributed by atoms with Crippen LogP contribution in [0.25, 0.3) is 0 Å². The van der Waals surface area contributed by atoms with Gasteiger partial charge in [0.1, 0.15) is 6.17 Å². The van der Waals surface area contributed by atoms with Crippen LogP contribution in [0.4, 0.5) is 4.39 Å². The molecule has 0 aromatic rings. The van der Waals surface area contributed by atoms with Gasteiger partial charge in [-0.25, -0.2) is 4.39 Å². The van der Waals surface area contributed by atoms with Gasteiger partial charge in [-0.2, -0.15) is 0 Å². The van der Waals surface area contributed by atoms with Gasteiger partial charge in [-0.3, -0.25) is 4.90 Å². The lowest BCUT2D eigenvalue weighted by Crippen LogP contribution is -2.30. The number of hydrogen-bond acceptors (Lipinski definition) is 1. The van der Waals surface area contributed by atoms with Gasteiger partial charge in [0.15, 0.2) is 0 Å². The lowest BCUT2D eigenvalue weighted by Gasteiger charge is -2.23. The van der Waals surface area contributed by atoms with Crippen LogP contribution in [0.5, 0.6) is 0 Å². The fraction of sp³-hybridized carbons (Fsp3) is 1.00. The van der Waals surface area contributed by atoms with Gasteiger partial charge in [0.2, 0.25) is 0 Å². The topological polar surface area (TPSA) is 3.24 Å². The standard InChI is InChI=1S/C10H20FN/c1-4-12-7-9(11)6-10(12)5-8(2)3/h8-10H,4-7H2,1-3H3/t9-,10-/m1/s1. The Hall–Kier alpha value is -0.110. The SMILES string of the molecule is CCN1C[C@H](F)C[C@H]1CC(C)C. The molecule has 12 heavy (non-hydrogen) atoms. The van der Waals surface area contributed by atoms with Gasteiger partial charge >= 0.3 is 0 Å². The van der Waals surface area contributed by atoms with Crippen molar-refractivity contribution in [2.24, 2.45) is 5.92 Å². The number of halogens is 1. The van der Waals surface area contributed by atoms with Crippen LogP contribution in [-0.4, -0.2) is 30.2 Å². The van der Waals surface area contributed by atoms with Crippen LogP contribution < -0.4 is 0 Å². The van der Waals surface area contributed by atoms with Crippen LogP contribution in [0.3, 0.4) is 0 Å². The third-order valence-electron chi connectivity index (χ3n) is 2.63. The molecular formula is C10H20FN. The Bertz CT molecular complexity index is 136. The Morgan fingerprint density at radius 3 is 2.67 bits per heavy atom. The molecular weight excluding hydrogens is 153 g/mol. The first-order valence-electron chi connectivity index (χ1n) is 5.01. The molecule has 1 saturated heterocycles. The van der Waals surface area contributed by atoms with Crippen molar-refractivity contribution in [2.75, 3.05) is 13.1 Å². The van der Waals surface area contributed by atoms with E-state index < -0.39 is 6.17 Å². The molecule has 2 atom stereocenters. The first-order chi connectivity index (χ1) is 5.63. The van der Waals surface area contributed by atoms with Crippen LogP contribution >= 0.6 is 0 Å². The van der Waals surface area contributed by atoms with E-state index in [0.29, 0.717) is 18.5 Å². The van der Waals surface area contributed by atoms with Crippen LogP contribution in [-0.2, 0) is 0 Å². The lowest BCUT2D eigenvalue weighted by molar-refractivity contribution is 0.232. The third kappa shape index (κ3) is 2.44. The van der Waals surface area contributed by atoms with Crippen molar-refractivity contribution in [2.45, 2.75) is 45.8 Å². The molecule has 0 spiro atoms. The van der Waals surface area contributed by atoms with E-state index in [0.717, 1.165) is 19.4 Å². The number of alkyl halides is 1. The largest absolute Gasteiger partial charge is 0.298 e. The number of rotatable bonds is 3. The minimum Gasteiger partial charge on any atom is -0.298 e. The van der Waals surface area contributed by atoms with E-state index in [2.05, 4.69) is 25.7 Å². The molecule has 1 rings (SSSR count). The molecule has 1 heterocycles. The zero-order valence-corrected chi connectivity index (χ0v) is 8.39. The summed E-state index contributed by atoms with van der Waals surface area (Å²) in [7, 11) is 0. The normalized spacial score (nSPS) is 31.8. The maximum atomic E-state index is 13.0. The van der Waals surface area contributed by atoms with Gasteiger partial charge in [-0.15, -0.1) is 0 Å². The number of nitrogens with zero attached hydrogens (tertiary/aromatic N) is 1. The second kappa shape index (κ2) is 4.22. The molecule has 72 valence electrons. The molecule has 2 heteroatoms. The van der Waals surface area contributed by atoms with E-state index in [4.69, 9.17) is 0 Å². The van der Waals surface area contributed by atoms with Crippen molar-refractivity contribution in [1.82, 2.24) is 4.90 Å². The van der Waals surface area contributed by atoms with Gasteiger partial charge in [0, 0.05) is 12.6 Å². The highest BCUT2D eigenvalue weighted by Gasteiger charge is 2.30. The van der Waals surface area contributed by atoms with E-state index >= 15 is 0 Å². The van der Waals surface area contributed by atoms with Gasteiger partial charge in [0.25, 0.3) is 0 Å². The summed E-state index contributed by atoms with van der Waals surface area (Å²) >= 11 is 0. The van der Waals surface area contributed by atoms with E-state index in [1.54, 1.807) is 0 Å². The van der Waals surface area contributed by atoms with Crippen LogP contribution in [0, 0.1) is 5.92 Å². The lowest BCUT2D eigenvalue weighted by atomic mass is 10.0. The summed E-state index contributed by atoms with van der Waals surface area (Å²) in [5.41, 5.74) is 0. The van der Waals surface area contributed by atoms with Crippen LogP contribution in [0.15, 0.2) is 0 Å². The van der Waals surface area contributed by atoms with E-state index in [1.165, 1.54) is 0 Å². The Kier molecular flexibility index (Phi) is 3.51. The zero-order valence-electron chi connectivity index (χ0n) is 8.39. The van der Waals surface area contributed by atoms with Gasteiger partial charge in [-0.1, -0.05) is 20.8 Å². The smallest absolute Gasteiger partial charge is 0.114 e. The Labute approximate surface area is 74.9 Å². The summed E-state index contributed by atoms with van der Waals surface area (Å²) in [6.45, 7) is 8.19. The van der Waals surface area contributed by atoms with E-state index in [-0.39, 0.29) is 0 Å². The Balaban J connectivity index is 2.40. The number of hydrogen-bond donors (Lipinski definition) is 0. The Morgan fingerprint density at radius 1 is 1.50 bits per heavy atom. The third-order valence-corrected chi connectivity index (χ3v) is 2.63. The van der Waals surface area contributed by atoms with Gasteiger partial charge in [-0.05, 0) is 25.3 Å². The van der Waals surface area contributed by atoms with Crippen molar-refractivity contribution in [3.05, 3.63) is 0 Å². The van der Waals surface area contributed by atoms with Crippen LogP contribution in [0.1, 0.15) is 33.6 Å². The molecule has 0 aliphatic carbocycles. The molecule has 0 aromatic carbocycles. The molecule has 0 amide bonds. The van der Waals surface area contributed by atoms with E-state index in [9.17, 15) is 4.39 Å². The first-order valence-corrected chi connectivity index (χ1v) is 5.01. The number of likely N-dealkylation sites (tertiary alicyclic amines) is 1. The highest BCUT2D eigenvalue weighted by atomic mass is 19.1. The predicted octanol–water partition coefficient (Wildman–Crippen LogP) is 2.46. The molecule has 0 radical (unpaired) electrons. The maximum absolute atomic E-state index is 13.0. The molecule has 0 N–H and O–H groups in total. The summed E-state index contributed by atoms with van der Waals surface area (Å²) in [5.74, 6) is 0.689. The maximum Gasteiger partial charge on any atom is 0.114 e. The molecule has 0 unspecified atom stereocenters. The summed E-state index contributed by atoms with van der Waals surface area (Å²) in [4.78, 5) is 2.27. The summed E-state index contributed by atoms with van der Waals surface area (Å²) in [5, 5.41) is 0. The molecule has 1 nitrogen and oxygen atoms in total. The fourth-order valence-electron chi connectivity index (χ4n) is 2.10. The quantitative estimate of drug-likeness (QED) is 0.633. The van der Waals surface area contributed by atoms with Crippen molar-refractivity contribution in [3.63, 3.8) is 0 Å². The monoisotopic (exact) mass is 173 g/mol. The first kappa shape index (κ1) is 9.97. The average molecular weight is 173 g/mol. The van der Waals surface area contributed by atoms with Crippen LogP contribution in [0.2, 0.25) is 0 Å². The summed E-state index contributed by atoms with van der Waals surface area (Å²) < 4.78 is 13.0. The molecule has 0 aromatic heterocycles. The molecule has 1 aliphatic heterocycles. The van der Waals surface area contributed by atoms with E-state index in [1.807, 2.05) is 0 Å². The molecule has 1 aliphatic rings. The zero-order chi connectivity index (χ0) is 9.14. The molecule has 0 saturated carbocycles. The van der Waals surface area contributed by atoms with Crippen molar-refractivity contribution >= 4 is 0 Å². The molecule has 0 bridgehead atoms. The van der Waals surface area contributed by atoms with Crippen molar-refractivity contribution in [3.8, 4) is 0 Å². The van der Waals surface area contributed by atoms with Crippen molar-refractivity contribution < 1.29 is 4.39 Å². The summed E-state index contributed by atoms with van der Waals surface area (Å²) in [6.07, 6.45) is 1.33. The van der Waals surface area contributed by atoms with Gasteiger partial charge < -0.3 is 0 Å². The highest BCUT2D eigenvalue weighted by molar-refractivity contribution is 4.84. The molecule has 1 fully saturated rings. The second-order valence-electron chi connectivity index (χ2n) is 4.20. The second-order valence-corrected chi connectivity index (χ2v) is 4.20.